The SMILES string of the molecule is Cc1cccc2c1ccn2CCNC(=O)CC(C)C. The van der Waals surface area contributed by atoms with Crippen LogP contribution < -0.4 is 5.32 Å². The van der Waals surface area contributed by atoms with Crippen LogP contribution in [0.3, 0.4) is 0 Å². The minimum atomic E-state index is 0.141. The third kappa shape index (κ3) is 3.37. The number of carbonyl (C=O) groups excluding carboxylic acids is 1. The first-order valence-electron chi connectivity index (χ1n) is 6.89. The number of rotatable bonds is 5. The molecule has 1 aromatic heterocycles. The summed E-state index contributed by atoms with van der Waals surface area (Å²) in [5, 5.41) is 4.26. The molecule has 1 heterocycles. The van der Waals surface area contributed by atoms with Crippen LogP contribution in [0.2, 0.25) is 0 Å². The number of fused-ring (bicyclic) bond motifs is 1. The summed E-state index contributed by atoms with van der Waals surface area (Å²) >= 11 is 0. The number of carbonyl (C=O) groups is 1. The van der Waals surface area contributed by atoms with Gasteiger partial charge in [-0.05, 0) is 30.5 Å². The molecule has 0 fully saturated rings. The number of hydrogen-bond acceptors (Lipinski definition) is 1. The van der Waals surface area contributed by atoms with Crippen molar-refractivity contribution in [3.05, 3.63) is 36.0 Å². The van der Waals surface area contributed by atoms with Crippen LogP contribution in [0.15, 0.2) is 30.5 Å². The Hall–Kier alpha value is -1.77. The van der Waals surface area contributed by atoms with E-state index < -0.39 is 0 Å². The third-order valence-corrected chi connectivity index (χ3v) is 3.30. The third-order valence-electron chi connectivity index (χ3n) is 3.30. The lowest BCUT2D eigenvalue weighted by Crippen LogP contribution is -2.27. The zero-order valence-corrected chi connectivity index (χ0v) is 11.9. The minimum absolute atomic E-state index is 0.141. The molecule has 0 unspecified atom stereocenters. The van der Waals surface area contributed by atoms with Crippen molar-refractivity contribution in [1.82, 2.24) is 9.88 Å². The zero-order valence-electron chi connectivity index (χ0n) is 11.9. The molecule has 0 aliphatic carbocycles. The highest BCUT2D eigenvalue weighted by Gasteiger charge is 2.05. The predicted octanol–water partition coefficient (Wildman–Crippen LogP) is 3.11. The second-order valence-electron chi connectivity index (χ2n) is 5.46. The van der Waals surface area contributed by atoms with Gasteiger partial charge in [0, 0.05) is 36.6 Å². The van der Waals surface area contributed by atoms with Crippen LogP contribution in [0.5, 0.6) is 0 Å². The molecular weight excluding hydrogens is 236 g/mol. The van der Waals surface area contributed by atoms with Gasteiger partial charge < -0.3 is 9.88 Å². The van der Waals surface area contributed by atoms with Gasteiger partial charge in [0.15, 0.2) is 0 Å². The van der Waals surface area contributed by atoms with Crippen molar-refractivity contribution in [2.45, 2.75) is 33.7 Å². The summed E-state index contributed by atoms with van der Waals surface area (Å²) in [6.45, 7) is 7.74. The molecule has 0 spiro atoms. The Kier molecular flexibility index (Phi) is 4.25. The number of hydrogen-bond donors (Lipinski definition) is 1. The van der Waals surface area contributed by atoms with Gasteiger partial charge in [-0.1, -0.05) is 26.0 Å². The minimum Gasteiger partial charge on any atom is -0.354 e. The Morgan fingerprint density at radius 1 is 1.32 bits per heavy atom. The van der Waals surface area contributed by atoms with Gasteiger partial charge in [-0.2, -0.15) is 0 Å². The van der Waals surface area contributed by atoms with E-state index in [1.54, 1.807) is 0 Å². The van der Waals surface area contributed by atoms with Crippen molar-refractivity contribution >= 4 is 16.8 Å². The number of aromatic nitrogens is 1. The summed E-state index contributed by atoms with van der Waals surface area (Å²) in [6.07, 6.45) is 2.69. The molecule has 2 rings (SSSR count). The molecule has 1 aromatic carbocycles. The van der Waals surface area contributed by atoms with Crippen LogP contribution in [-0.2, 0) is 11.3 Å². The summed E-state index contributed by atoms with van der Waals surface area (Å²) in [5.74, 6) is 0.553. The van der Waals surface area contributed by atoms with Crippen LogP contribution in [-0.4, -0.2) is 17.0 Å². The number of nitrogens with zero attached hydrogens (tertiary/aromatic N) is 1. The summed E-state index contributed by atoms with van der Waals surface area (Å²) in [4.78, 5) is 11.6. The molecule has 0 aliphatic heterocycles. The lowest BCUT2D eigenvalue weighted by Gasteiger charge is -2.09. The van der Waals surface area contributed by atoms with Crippen molar-refractivity contribution in [3.63, 3.8) is 0 Å². The van der Waals surface area contributed by atoms with Crippen molar-refractivity contribution in [1.29, 1.82) is 0 Å². The number of nitrogens with one attached hydrogen (secondary N) is 1. The first kappa shape index (κ1) is 13.7. The van der Waals surface area contributed by atoms with E-state index in [0.29, 0.717) is 18.9 Å². The molecule has 2 aromatic rings. The molecule has 1 amide bonds. The highest BCUT2D eigenvalue weighted by molar-refractivity contribution is 5.83. The average Bonchev–Trinajstić information content (AvgIpc) is 2.73. The van der Waals surface area contributed by atoms with Crippen molar-refractivity contribution in [2.75, 3.05) is 6.54 Å². The molecule has 0 bridgehead atoms. The van der Waals surface area contributed by atoms with E-state index in [2.05, 4.69) is 61.1 Å². The monoisotopic (exact) mass is 258 g/mol. The summed E-state index contributed by atoms with van der Waals surface area (Å²) < 4.78 is 2.19. The van der Waals surface area contributed by atoms with Crippen LogP contribution in [0.1, 0.15) is 25.8 Å². The molecule has 1 N–H and O–H groups in total. The quantitative estimate of drug-likeness (QED) is 0.878. The van der Waals surface area contributed by atoms with Crippen molar-refractivity contribution < 1.29 is 4.79 Å². The van der Waals surface area contributed by atoms with Gasteiger partial charge in [0.05, 0.1) is 0 Å². The molecule has 0 saturated heterocycles. The Labute approximate surface area is 114 Å². The summed E-state index contributed by atoms with van der Waals surface area (Å²) in [7, 11) is 0. The van der Waals surface area contributed by atoms with Gasteiger partial charge in [-0.3, -0.25) is 4.79 Å². The standard InChI is InChI=1S/C16H22N2O/c1-12(2)11-16(19)17-8-10-18-9-7-14-13(3)5-4-6-15(14)18/h4-7,9,12H,8,10-11H2,1-3H3,(H,17,19). The fourth-order valence-corrected chi connectivity index (χ4v) is 2.33. The lowest BCUT2D eigenvalue weighted by atomic mass is 10.1. The molecule has 0 saturated carbocycles. The van der Waals surface area contributed by atoms with E-state index in [1.807, 2.05) is 0 Å². The molecular formula is C16H22N2O. The van der Waals surface area contributed by atoms with E-state index in [0.717, 1.165) is 6.54 Å². The lowest BCUT2D eigenvalue weighted by molar-refractivity contribution is -0.121. The van der Waals surface area contributed by atoms with Crippen molar-refractivity contribution in [2.24, 2.45) is 5.92 Å². The van der Waals surface area contributed by atoms with E-state index >= 15 is 0 Å². The second kappa shape index (κ2) is 5.91. The Bertz CT molecular complexity index is 569. The van der Waals surface area contributed by atoms with Gasteiger partial charge in [-0.15, -0.1) is 0 Å². The molecule has 3 heteroatoms. The van der Waals surface area contributed by atoms with E-state index in [9.17, 15) is 4.79 Å². The predicted molar refractivity (Wildman–Crippen MR) is 79.1 cm³/mol. The van der Waals surface area contributed by atoms with Crippen LogP contribution in [0, 0.1) is 12.8 Å². The van der Waals surface area contributed by atoms with E-state index in [4.69, 9.17) is 0 Å². The average molecular weight is 258 g/mol. The molecule has 19 heavy (non-hydrogen) atoms. The molecule has 0 atom stereocenters. The number of aryl methyl sites for hydroxylation is 1. The maximum Gasteiger partial charge on any atom is 0.220 e. The van der Waals surface area contributed by atoms with Crippen LogP contribution >= 0.6 is 0 Å². The zero-order chi connectivity index (χ0) is 13.8. The summed E-state index contributed by atoms with van der Waals surface area (Å²) in [5.41, 5.74) is 2.53. The second-order valence-corrected chi connectivity index (χ2v) is 5.46. The highest BCUT2D eigenvalue weighted by atomic mass is 16.1. The van der Waals surface area contributed by atoms with Gasteiger partial charge in [0.1, 0.15) is 0 Å². The fourth-order valence-electron chi connectivity index (χ4n) is 2.33. The topological polar surface area (TPSA) is 34.0 Å². The first-order chi connectivity index (χ1) is 9.08. The molecule has 0 radical (unpaired) electrons. The number of benzene rings is 1. The maximum atomic E-state index is 11.6. The number of amides is 1. The van der Waals surface area contributed by atoms with Gasteiger partial charge in [0.2, 0.25) is 5.91 Å². The fraction of sp³-hybridized carbons (Fsp3) is 0.438. The van der Waals surface area contributed by atoms with Crippen LogP contribution in [0.4, 0.5) is 0 Å². The van der Waals surface area contributed by atoms with E-state index in [-0.39, 0.29) is 5.91 Å². The normalized spacial score (nSPS) is 11.2. The van der Waals surface area contributed by atoms with Gasteiger partial charge in [0.25, 0.3) is 0 Å². The smallest absolute Gasteiger partial charge is 0.220 e. The Morgan fingerprint density at radius 3 is 2.84 bits per heavy atom. The Morgan fingerprint density at radius 2 is 2.11 bits per heavy atom. The van der Waals surface area contributed by atoms with E-state index in [1.165, 1.54) is 16.5 Å². The van der Waals surface area contributed by atoms with Gasteiger partial charge >= 0.3 is 0 Å². The first-order valence-corrected chi connectivity index (χ1v) is 6.89. The van der Waals surface area contributed by atoms with Crippen molar-refractivity contribution in [3.8, 4) is 0 Å². The Balaban J connectivity index is 1.95. The van der Waals surface area contributed by atoms with Gasteiger partial charge in [-0.25, -0.2) is 0 Å². The molecule has 3 nitrogen and oxygen atoms in total. The molecule has 102 valence electrons. The largest absolute Gasteiger partial charge is 0.354 e. The molecule has 0 aliphatic rings. The van der Waals surface area contributed by atoms with Crippen LogP contribution in [0.25, 0.3) is 10.9 Å². The highest BCUT2D eigenvalue weighted by Crippen LogP contribution is 2.19. The summed E-state index contributed by atoms with van der Waals surface area (Å²) in [6, 6.07) is 8.46. The maximum absolute atomic E-state index is 11.6.